The number of hydrogen-bond donors (Lipinski definition) is 2. The Morgan fingerprint density at radius 2 is 2.47 bits per heavy atom. The number of oxazole rings is 1. The second kappa shape index (κ2) is 4.47. The highest BCUT2D eigenvalue weighted by Gasteiger charge is 2.13. The van der Waals surface area contributed by atoms with Crippen molar-refractivity contribution in [3.63, 3.8) is 0 Å². The number of nitrogens with zero attached hydrogens (tertiary/aromatic N) is 1. The van der Waals surface area contributed by atoms with Crippen LogP contribution >= 0.6 is 0 Å². The van der Waals surface area contributed by atoms with Crippen molar-refractivity contribution in [2.24, 2.45) is 0 Å². The third-order valence-corrected chi connectivity index (χ3v) is 3.21. The number of aryl methyl sites for hydroxylation is 1. The lowest BCUT2D eigenvalue weighted by Gasteiger charge is -2.10. The predicted molar refractivity (Wildman–Crippen MR) is 66.9 cm³/mol. The Kier molecular flexibility index (Phi) is 2.82. The second-order valence-electron chi connectivity index (χ2n) is 4.61. The fourth-order valence-corrected chi connectivity index (χ4v) is 2.29. The van der Waals surface area contributed by atoms with Gasteiger partial charge < -0.3 is 15.1 Å². The van der Waals surface area contributed by atoms with Crippen LogP contribution in [0.3, 0.4) is 0 Å². The van der Waals surface area contributed by atoms with E-state index in [1.54, 1.807) is 0 Å². The minimum absolute atomic E-state index is 0.599. The van der Waals surface area contributed by atoms with Gasteiger partial charge in [0.25, 0.3) is 0 Å². The maximum atomic E-state index is 5.53. The molecule has 1 aromatic carbocycles. The third-order valence-electron chi connectivity index (χ3n) is 3.21. The lowest BCUT2D eigenvalue weighted by molar-refractivity contribution is 0.544. The molecule has 1 aliphatic heterocycles. The fourth-order valence-electron chi connectivity index (χ4n) is 2.29. The summed E-state index contributed by atoms with van der Waals surface area (Å²) in [5, 5.41) is 6.90. The lowest BCUT2D eigenvalue weighted by Crippen LogP contribution is -2.30. The van der Waals surface area contributed by atoms with Gasteiger partial charge in [-0.3, -0.25) is 0 Å². The number of benzene rings is 1. The lowest BCUT2D eigenvalue weighted by atomic mass is 10.2. The normalized spacial score (nSPS) is 20.2. The summed E-state index contributed by atoms with van der Waals surface area (Å²) in [4.78, 5) is 4.29. The van der Waals surface area contributed by atoms with Crippen LogP contribution in [0.2, 0.25) is 0 Å². The van der Waals surface area contributed by atoms with E-state index >= 15 is 0 Å². The van der Waals surface area contributed by atoms with Gasteiger partial charge in [0.2, 0.25) is 0 Å². The van der Waals surface area contributed by atoms with Crippen LogP contribution in [0.15, 0.2) is 22.6 Å². The average molecular weight is 231 g/mol. The summed E-state index contributed by atoms with van der Waals surface area (Å²) in [6.45, 7) is 4.96. The molecular weight excluding hydrogens is 214 g/mol. The van der Waals surface area contributed by atoms with E-state index in [9.17, 15) is 0 Å². The zero-order valence-corrected chi connectivity index (χ0v) is 9.99. The molecule has 2 aromatic rings. The van der Waals surface area contributed by atoms with Gasteiger partial charge in [0.05, 0.1) is 0 Å². The maximum absolute atomic E-state index is 5.53. The van der Waals surface area contributed by atoms with Crippen LogP contribution < -0.4 is 10.6 Å². The number of nitrogens with one attached hydrogen (secondary N) is 2. The van der Waals surface area contributed by atoms with E-state index in [1.807, 2.05) is 13.0 Å². The van der Waals surface area contributed by atoms with Crippen molar-refractivity contribution in [3.8, 4) is 0 Å². The van der Waals surface area contributed by atoms with Gasteiger partial charge >= 0.3 is 0 Å². The standard InChI is InChI=1S/C13H17N3O/c1-9-16-12-3-2-10(6-13(12)17-9)7-15-11-4-5-14-8-11/h2-3,6,11,14-15H,4-5,7-8H2,1H3. The topological polar surface area (TPSA) is 50.1 Å². The molecule has 1 aromatic heterocycles. The van der Waals surface area contributed by atoms with E-state index in [0.717, 1.165) is 36.6 Å². The quantitative estimate of drug-likeness (QED) is 0.842. The van der Waals surface area contributed by atoms with Crippen molar-refractivity contribution < 1.29 is 4.42 Å². The van der Waals surface area contributed by atoms with E-state index in [-0.39, 0.29) is 0 Å². The van der Waals surface area contributed by atoms with Crippen molar-refractivity contribution in [2.45, 2.75) is 25.9 Å². The van der Waals surface area contributed by atoms with Crippen LogP contribution in [-0.4, -0.2) is 24.1 Å². The molecule has 4 heteroatoms. The molecular formula is C13H17N3O. The molecule has 0 bridgehead atoms. The Morgan fingerprint density at radius 3 is 3.29 bits per heavy atom. The van der Waals surface area contributed by atoms with Crippen LogP contribution in [0.1, 0.15) is 17.9 Å². The van der Waals surface area contributed by atoms with Crippen LogP contribution in [0, 0.1) is 6.92 Å². The summed E-state index contributed by atoms with van der Waals surface area (Å²) >= 11 is 0. The molecule has 0 aliphatic carbocycles. The first-order chi connectivity index (χ1) is 8.31. The molecule has 90 valence electrons. The van der Waals surface area contributed by atoms with Gasteiger partial charge in [-0.25, -0.2) is 4.98 Å². The van der Waals surface area contributed by atoms with Gasteiger partial charge in [-0.1, -0.05) is 6.07 Å². The maximum Gasteiger partial charge on any atom is 0.192 e. The van der Waals surface area contributed by atoms with Crippen molar-refractivity contribution in [1.82, 2.24) is 15.6 Å². The molecule has 3 rings (SSSR count). The molecule has 1 atom stereocenters. The van der Waals surface area contributed by atoms with Crippen molar-refractivity contribution in [2.75, 3.05) is 13.1 Å². The molecule has 0 amide bonds. The highest BCUT2D eigenvalue weighted by atomic mass is 16.3. The van der Waals surface area contributed by atoms with E-state index < -0.39 is 0 Å². The largest absolute Gasteiger partial charge is 0.441 e. The van der Waals surface area contributed by atoms with Gasteiger partial charge in [-0.05, 0) is 30.7 Å². The second-order valence-corrected chi connectivity index (χ2v) is 4.61. The van der Waals surface area contributed by atoms with E-state index in [4.69, 9.17) is 4.42 Å². The Balaban J connectivity index is 1.71. The number of hydrogen-bond acceptors (Lipinski definition) is 4. The summed E-state index contributed by atoms with van der Waals surface area (Å²) in [7, 11) is 0. The molecule has 0 saturated carbocycles. The van der Waals surface area contributed by atoms with Crippen LogP contribution in [0.4, 0.5) is 0 Å². The van der Waals surface area contributed by atoms with Gasteiger partial charge in [0.15, 0.2) is 11.5 Å². The Hall–Kier alpha value is -1.39. The minimum atomic E-state index is 0.599. The third kappa shape index (κ3) is 2.33. The molecule has 1 aliphatic rings. The van der Waals surface area contributed by atoms with Gasteiger partial charge in [-0.2, -0.15) is 0 Å². The van der Waals surface area contributed by atoms with E-state index in [1.165, 1.54) is 12.0 Å². The Labute approximate surface area is 100 Å². The van der Waals surface area contributed by atoms with Crippen molar-refractivity contribution >= 4 is 11.1 Å². The summed E-state index contributed by atoms with van der Waals surface area (Å²) in [5.74, 6) is 0.727. The smallest absolute Gasteiger partial charge is 0.192 e. The molecule has 1 saturated heterocycles. The molecule has 17 heavy (non-hydrogen) atoms. The van der Waals surface area contributed by atoms with Crippen LogP contribution in [0.25, 0.3) is 11.1 Å². The summed E-state index contributed by atoms with van der Waals surface area (Å²) < 4.78 is 5.53. The molecule has 0 radical (unpaired) electrons. The van der Waals surface area contributed by atoms with Gasteiger partial charge in [-0.15, -0.1) is 0 Å². The Morgan fingerprint density at radius 1 is 1.53 bits per heavy atom. The van der Waals surface area contributed by atoms with Crippen molar-refractivity contribution in [1.29, 1.82) is 0 Å². The first kappa shape index (κ1) is 10.7. The highest BCUT2D eigenvalue weighted by Crippen LogP contribution is 2.17. The van der Waals surface area contributed by atoms with Crippen LogP contribution in [0.5, 0.6) is 0 Å². The first-order valence-electron chi connectivity index (χ1n) is 6.11. The number of aromatic nitrogens is 1. The molecule has 0 spiro atoms. The van der Waals surface area contributed by atoms with Crippen LogP contribution in [-0.2, 0) is 6.54 Å². The molecule has 2 heterocycles. The first-order valence-corrected chi connectivity index (χ1v) is 6.11. The van der Waals surface area contributed by atoms with E-state index in [0.29, 0.717) is 6.04 Å². The summed E-state index contributed by atoms with van der Waals surface area (Å²) in [6.07, 6.45) is 1.21. The zero-order valence-electron chi connectivity index (χ0n) is 9.99. The molecule has 1 fully saturated rings. The minimum Gasteiger partial charge on any atom is -0.441 e. The fraction of sp³-hybridized carbons (Fsp3) is 0.462. The number of fused-ring (bicyclic) bond motifs is 1. The average Bonchev–Trinajstić information content (AvgIpc) is 2.92. The van der Waals surface area contributed by atoms with Gasteiger partial charge in [0, 0.05) is 26.1 Å². The Bertz CT molecular complexity index is 514. The SMILES string of the molecule is Cc1nc2ccc(CNC3CCNC3)cc2o1. The molecule has 2 N–H and O–H groups in total. The molecule has 4 nitrogen and oxygen atoms in total. The molecule has 1 unspecified atom stereocenters. The predicted octanol–water partition coefficient (Wildman–Crippen LogP) is 1.59. The van der Waals surface area contributed by atoms with E-state index in [2.05, 4.69) is 27.8 Å². The summed E-state index contributed by atoms with van der Waals surface area (Å²) in [6, 6.07) is 6.81. The monoisotopic (exact) mass is 231 g/mol. The number of rotatable bonds is 3. The zero-order chi connectivity index (χ0) is 11.7. The summed E-state index contributed by atoms with van der Waals surface area (Å²) in [5.41, 5.74) is 3.07. The van der Waals surface area contributed by atoms with Crippen molar-refractivity contribution in [3.05, 3.63) is 29.7 Å². The highest BCUT2D eigenvalue weighted by molar-refractivity contribution is 5.73. The van der Waals surface area contributed by atoms with Gasteiger partial charge in [0.1, 0.15) is 5.52 Å².